The molecule has 0 unspecified atom stereocenters. The van der Waals surface area contributed by atoms with Gasteiger partial charge in [-0.05, 0) is 18.4 Å². The van der Waals surface area contributed by atoms with Gasteiger partial charge in [0.2, 0.25) is 5.91 Å². The zero-order chi connectivity index (χ0) is 17.6. The SMILES string of the molecule is Nc1cc(N)nc(S[C@H](C(=O)NC[C@@H]2CCCO2)c2ccccc2)n1. The summed E-state index contributed by atoms with van der Waals surface area (Å²) in [6, 6.07) is 11.0. The Morgan fingerprint density at radius 3 is 2.64 bits per heavy atom. The van der Waals surface area contributed by atoms with E-state index >= 15 is 0 Å². The molecule has 0 bridgehead atoms. The van der Waals surface area contributed by atoms with Crippen LogP contribution >= 0.6 is 11.8 Å². The maximum Gasteiger partial charge on any atom is 0.238 e. The zero-order valence-corrected chi connectivity index (χ0v) is 14.5. The minimum absolute atomic E-state index is 0.0876. The van der Waals surface area contributed by atoms with Gasteiger partial charge in [-0.25, -0.2) is 9.97 Å². The number of nitrogens with two attached hydrogens (primary N) is 2. The van der Waals surface area contributed by atoms with E-state index in [0.29, 0.717) is 11.7 Å². The molecular weight excluding hydrogens is 338 g/mol. The van der Waals surface area contributed by atoms with Crippen molar-refractivity contribution in [3.05, 3.63) is 42.0 Å². The third-order valence-electron chi connectivity index (χ3n) is 3.84. The smallest absolute Gasteiger partial charge is 0.238 e. The molecule has 1 aliphatic rings. The Bertz CT molecular complexity index is 702. The molecule has 7 nitrogen and oxygen atoms in total. The fourth-order valence-corrected chi connectivity index (χ4v) is 3.64. The van der Waals surface area contributed by atoms with Gasteiger partial charge >= 0.3 is 0 Å². The Morgan fingerprint density at radius 1 is 1.28 bits per heavy atom. The van der Waals surface area contributed by atoms with Crippen LogP contribution in [0, 0.1) is 0 Å². The molecule has 1 aromatic carbocycles. The van der Waals surface area contributed by atoms with Gasteiger partial charge in [0.25, 0.3) is 0 Å². The van der Waals surface area contributed by atoms with Crippen LogP contribution in [-0.4, -0.2) is 35.1 Å². The molecule has 2 aromatic rings. The molecule has 0 spiro atoms. The van der Waals surface area contributed by atoms with Crippen molar-refractivity contribution < 1.29 is 9.53 Å². The quantitative estimate of drug-likeness (QED) is 0.531. The summed E-state index contributed by atoms with van der Waals surface area (Å²) in [5.41, 5.74) is 12.3. The van der Waals surface area contributed by atoms with Crippen molar-refractivity contribution >= 4 is 29.3 Å². The molecule has 132 valence electrons. The monoisotopic (exact) mass is 359 g/mol. The molecule has 1 fully saturated rings. The molecular formula is C17H21N5O2S. The molecule has 8 heteroatoms. The van der Waals surface area contributed by atoms with Crippen LogP contribution < -0.4 is 16.8 Å². The number of nitrogens with zero attached hydrogens (tertiary/aromatic N) is 2. The van der Waals surface area contributed by atoms with Crippen LogP contribution in [0.3, 0.4) is 0 Å². The number of rotatable bonds is 6. The van der Waals surface area contributed by atoms with Crippen molar-refractivity contribution in [2.24, 2.45) is 0 Å². The third-order valence-corrected chi connectivity index (χ3v) is 4.95. The van der Waals surface area contributed by atoms with Gasteiger partial charge in [0.1, 0.15) is 16.9 Å². The predicted octanol–water partition coefficient (Wildman–Crippen LogP) is 1.77. The first-order chi connectivity index (χ1) is 12.1. The van der Waals surface area contributed by atoms with E-state index in [1.165, 1.54) is 17.8 Å². The van der Waals surface area contributed by atoms with E-state index in [1.807, 2.05) is 30.3 Å². The topological polar surface area (TPSA) is 116 Å². The van der Waals surface area contributed by atoms with Gasteiger partial charge in [-0.1, -0.05) is 42.1 Å². The molecule has 2 atom stereocenters. The summed E-state index contributed by atoms with van der Waals surface area (Å²) in [5, 5.41) is 2.85. The number of aromatic nitrogens is 2. The van der Waals surface area contributed by atoms with E-state index in [2.05, 4.69) is 15.3 Å². The molecule has 1 aliphatic heterocycles. The van der Waals surface area contributed by atoms with Crippen LogP contribution in [0.4, 0.5) is 11.6 Å². The van der Waals surface area contributed by atoms with Crippen molar-refractivity contribution in [2.45, 2.75) is 29.4 Å². The van der Waals surface area contributed by atoms with Gasteiger partial charge in [-0.3, -0.25) is 4.79 Å². The fourth-order valence-electron chi connectivity index (χ4n) is 2.63. The third kappa shape index (κ3) is 4.83. The Labute approximate surface area is 150 Å². The van der Waals surface area contributed by atoms with Gasteiger partial charge in [0.15, 0.2) is 5.16 Å². The first-order valence-electron chi connectivity index (χ1n) is 8.13. The average Bonchev–Trinajstić information content (AvgIpc) is 3.11. The van der Waals surface area contributed by atoms with Crippen LogP contribution in [0.5, 0.6) is 0 Å². The first-order valence-corrected chi connectivity index (χ1v) is 9.01. The number of carbonyl (C=O) groups excluding carboxylic acids is 1. The summed E-state index contributed by atoms with van der Waals surface area (Å²) in [6.45, 7) is 1.26. The number of anilines is 2. The van der Waals surface area contributed by atoms with Crippen LogP contribution in [-0.2, 0) is 9.53 Å². The maximum absolute atomic E-state index is 12.8. The van der Waals surface area contributed by atoms with Crippen molar-refractivity contribution in [3.63, 3.8) is 0 Å². The van der Waals surface area contributed by atoms with E-state index < -0.39 is 5.25 Å². The van der Waals surface area contributed by atoms with E-state index in [1.54, 1.807) is 0 Å². The van der Waals surface area contributed by atoms with Crippen molar-refractivity contribution in [2.75, 3.05) is 24.6 Å². The lowest BCUT2D eigenvalue weighted by molar-refractivity contribution is -0.121. The number of benzene rings is 1. The molecule has 0 aliphatic carbocycles. The average molecular weight is 359 g/mol. The number of ether oxygens (including phenoxy) is 1. The van der Waals surface area contributed by atoms with Crippen molar-refractivity contribution in [1.82, 2.24) is 15.3 Å². The number of hydrogen-bond acceptors (Lipinski definition) is 7. The lowest BCUT2D eigenvalue weighted by Crippen LogP contribution is -2.34. The number of thioether (sulfide) groups is 1. The molecule has 3 rings (SSSR count). The fraction of sp³-hybridized carbons (Fsp3) is 0.353. The summed E-state index contributed by atoms with van der Waals surface area (Å²) in [6.07, 6.45) is 2.09. The Hall–Kier alpha value is -2.32. The highest BCUT2D eigenvalue weighted by Crippen LogP contribution is 2.34. The minimum atomic E-state index is -0.496. The summed E-state index contributed by atoms with van der Waals surface area (Å²) >= 11 is 1.23. The van der Waals surface area contributed by atoms with E-state index in [0.717, 1.165) is 25.0 Å². The molecule has 1 aromatic heterocycles. The summed E-state index contributed by atoms with van der Waals surface area (Å²) in [7, 11) is 0. The van der Waals surface area contributed by atoms with Gasteiger partial charge in [-0.15, -0.1) is 0 Å². The number of nitrogen functional groups attached to an aromatic ring is 2. The normalized spacial score (nSPS) is 18.0. The summed E-state index contributed by atoms with van der Waals surface area (Å²) in [4.78, 5) is 21.1. The summed E-state index contributed by atoms with van der Waals surface area (Å²) < 4.78 is 5.56. The van der Waals surface area contributed by atoms with E-state index in [-0.39, 0.29) is 23.6 Å². The zero-order valence-electron chi connectivity index (χ0n) is 13.7. The van der Waals surface area contributed by atoms with E-state index in [4.69, 9.17) is 16.2 Å². The molecule has 1 amide bonds. The number of nitrogens with one attached hydrogen (secondary N) is 1. The van der Waals surface area contributed by atoms with Gasteiger partial charge in [0.05, 0.1) is 6.10 Å². The highest BCUT2D eigenvalue weighted by atomic mass is 32.2. The molecule has 1 saturated heterocycles. The summed E-state index contributed by atoms with van der Waals surface area (Å²) in [5.74, 6) is 0.444. The molecule has 2 heterocycles. The largest absolute Gasteiger partial charge is 0.383 e. The lowest BCUT2D eigenvalue weighted by Gasteiger charge is -2.18. The van der Waals surface area contributed by atoms with Gasteiger partial charge in [-0.2, -0.15) is 0 Å². The van der Waals surface area contributed by atoms with Crippen molar-refractivity contribution in [1.29, 1.82) is 0 Å². The predicted molar refractivity (Wildman–Crippen MR) is 97.9 cm³/mol. The van der Waals surface area contributed by atoms with Gasteiger partial charge in [0, 0.05) is 19.2 Å². The van der Waals surface area contributed by atoms with Crippen LogP contribution in [0.2, 0.25) is 0 Å². The Kier molecular flexibility index (Phi) is 5.72. The van der Waals surface area contributed by atoms with Crippen LogP contribution in [0.25, 0.3) is 0 Å². The highest BCUT2D eigenvalue weighted by molar-refractivity contribution is 8.00. The number of carbonyl (C=O) groups is 1. The second-order valence-corrected chi connectivity index (χ2v) is 6.86. The lowest BCUT2D eigenvalue weighted by atomic mass is 10.1. The first kappa shape index (κ1) is 17.5. The van der Waals surface area contributed by atoms with Crippen LogP contribution in [0.15, 0.2) is 41.6 Å². The highest BCUT2D eigenvalue weighted by Gasteiger charge is 2.25. The second kappa shape index (κ2) is 8.17. The van der Waals surface area contributed by atoms with E-state index in [9.17, 15) is 4.79 Å². The second-order valence-electron chi connectivity index (χ2n) is 5.79. The standard InChI is InChI=1S/C17H21N5O2S/c18-13-9-14(19)22-17(21-13)25-15(11-5-2-1-3-6-11)16(23)20-10-12-7-4-8-24-12/h1-3,5-6,9,12,15H,4,7-8,10H2,(H,20,23)(H4,18,19,21,22)/t12-,15-/m0/s1. The minimum Gasteiger partial charge on any atom is -0.383 e. The Balaban J connectivity index is 1.75. The van der Waals surface area contributed by atoms with Gasteiger partial charge < -0.3 is 21.5 Å². The van der Waals surface area contributed by atoms with Crippen LogP contribution in [0.1, 0.15) is 23.7 Å². The molecule has 25 heavy (non-hydrogen) atoms. The molecule has 5 N–H and O–H groups in total. The molecule has 0 saturated carbocycles. The maximum atomic E-state index is 12.8. The number of amides is 1. The Morgan fingerprint density at radius 2 is 2.00 bits per heavy atom. The molecule has 0 radical (unpaired) electrons. The van der Waals surface area contributed by atoms with Crippen molar-refractivity contribution in [3.8, 4) is 0 Å². The number of hydrogen-bond donors (Lipinski definition) is 3.